The first-order valence-electron chi connectivity index (χ1n) is 7.20. The van der Waals surface area contributed by atoms with Crippen molar-refractivity contribution in [2.75, 3.05) is 23.9 Å². The standard InChI is InChI=1S/C15H21NO4S2/c1-11(21-2)15(17)16-12-5-7-14(8-6-12)22(18,19)10-13-4-3-9-20-13/h5-8,11,13H,3-4,9-10H2,1-2H3,(H,16,17). The second-order valence-corrected chi connectivity index (χ2v) is 8.52. The summed E-state index contributed by atoms with van der Waals surface area (Å²) >= 11 is 1.46. The Morgan fingerprint density at radius 1 is 1.41 bits per heavy atom. The molecule has 1 N–H and O–H groups in total. The molecule has 122 valence electrons. The molecule has 1 amide bonds. The van der Waals surface area contributed by atoms with Gasteiger partial charge in [0.25, 0.3) is 0 Å². The molecular formula is C15H21NO4S2. The van der Waals surface area contributed by atoms with Crippen molar-refractivity contribution in [3.05, 3.63) is 24.3 Å². The molecule has 0 spiro atoms. The number of amides is 1. The Morgan fingerprint density at radius 3 is 2.64 bits per heavy atom. The van der Waals surface area contributed by atoms with Crippen LogP contribution in [0.15, 0.2) is 29.2 Å². The molecular weight excluding hydrogens is 322 g/mol. The molecule has 1 aromatic carbocycles. The van der Waals surface area contributed by atoms with Gasteiger partial charge in [-0.05, 0) is 50.3 Å². The molecule has 1 aliphatic heterocycles. The van der Waals surface area contributed by atoms with Crippen LogP contribution >= 0.6 is 11.8 Å². The Kier molecular flexibility index (Phi) is 5.88. The van der Waals surface area contributed by atoms with Gasteiger partial charge in [0.15, 0.2) is 9.84 Å². The predicted octanol–water partition coefficient (Wildman–Crippen LogP) is 2.33. The molecule has 0 aliphatic carbocycles. The van der Waals surface area contributed by atoms with Crippen molar-refractivity contribution >= 4 is 33.2 Å². The Hall–Kier alpha value is -1.05. The number of thioether (sulfide) groups is 1. The van der Waals surface area contributed by atoms with Gasteiger partial charge in [0.05, 0.1) is 22.0 Å². The largest absolute Gasteiger partial charge is 0.377 e. The quantitative estimate of drug-likeness (QED) is 0.858. The zero-order chi connectivity index (χ0) is 16.2. The third-order valence-electron chi connectivity index (χ3n) is 3.63. The first-order valence-corrected chi connectivity index (χ1v) is 10.1. The van der Waals surface area contributed by atoms with Crippen LogP contribution in [0.25, 0.3) is 0 Å². The van der Waals surface area contributed by atoms with E-state index in [0.717, 1.165) is 12.8 Å². The molecule has 2 unspecified atom stereocenters. The summed E-state index contributed by atoms with van der Waals surface area (Å²) in [5, 5.41) is 2.62. The van der Waals surface area contributed by atoms with E-state index in [1.165, 1.54) is 23.9 Å². The number of hydrogen-bond donors (Lipinski definition) is 1. The summed E-state index contributed by atoms with van der Waals surface area (Å²) in [5.41, 5.74) is 0.599. The van der Waals surface area contributed by atoms with E-state index in [1.807, 2.05) is 13.2 Å². The van der Waals surface area contributed by atoms with Crippen molar-refractivity contribution in [1.29, 1.82) is 0 Å². The van der Waals surface area contributed by atoms with Crippen LogP contribution in [0, 0.1) is 0 Å². The van der Waals surface area contributed by atoms with E-state index >= 15 is 0 Å². The van der Waals surface area contributed by atoms with Gasteiger partial charge in [0, 0.05) is 12.3 Å². The molecule has 1 aromatic rings. The Labute approximate surface area is 135 Å². The predicted molar refractivity (Wildman–Crippen MR) is 89.1 cm³/mol. The summed E-state index contributed by atoms with van der Waals surface area (Å²) in [5.74, 6) is -0.0789. The highest BCUT2D eigenvalue weighted by atomic mass is 32.2. The summed E-state index contributed by atoms with van der Waals surface area (Å²) in [6, 6.07) is 6.30. The molecule has 2 atom stereocenters. The van der Waals surface area contributed by atoms with Crippen LogP contribution in [0.1, 0.15) is 19.8 Å². The average molecular weight is 343 g/mol. The molecule has 1 aliphatic rings. The van der Waals surface area contributed by atoms with Crippen LogP contribution in [0.3, 0.4) is 0 Å². The minimum absolute atomic E-state index is 0.0161. The number of anilines is 1. The number of carbonyl (C=O) groups is 1. The number of rotatable bonds is 6. The molecule has 0 radical (unpaired) electrons. The number of sulfone groups is 1. The molecule has 2 rings (SSSR count). The molecule has 0 aromatic heterocycles. The van der Waals surface area contributed by atoms with E-state index in [1.54, 1.807) is 12.1 Å². The van der Waals surface area contributed by atoms with Gasteiger partial charge >= 0.3 is 0 Å². The van der Waals surface area contributed by atoms with Crippen molar-refractivity contribution in [2.24, 2.45) is 0 Å². The zero-order valence-electron chi connectivity index (χ0n) is 12.7. The summed E-state index contributed by atoms with van der Waals surface area (Å²) < 4.78 is 30.0. The molecule has 0 bridgehead atoms. The maximum absolute atomic E-state index is 12.3. The fourth-order valence-electron chi connectivity index (χ4n) is 2.21. The molecule has 5 nitrogen and oxygen atoms in total. The number of carbonyl (C=O) groups excluding carboxylic acids is 1. The number of ether oxygens (including phenoxy) is 1. The lowest BCUT2D eigenvalue weighted by atomic mass is 10.3. The van der Waals surface area contributed by atoms with Crippen molar-refractivity contribution in [3.8, 4) is 0 Å². The molecule has 1 heterocycles. The van der Waals surface area contributed by atoms with Crippen LogP contribution in [0.5, 0.6) is 0 Å². The summed E-state index contributed by atoms with van der Waals surface area (Å²) in [6.07, 6.45) is 3.37. The van der Waals surface area contributed by atoms with Gasteiger partial charge < -0.3 is 10.1 Å². The van der Waals surface area contributed by atoms with Gasteiger partial charge in [-0.1, -0.05) is 0 Å². The second-order valence-electron chi connectivity index (χ2n) is 5.31. The van der Waals surface area contributed by atoms with E-state index in [-0.39, 0.29) is 27.9 Å². The Bertz CT molecular complexity index is 607. The van der Waals surface area contributed by atoms with Gasteiger partial charge in [0.2, 0.25) is 5.91 Å². The van der Waals surface area contributed by atoms with Crippen LogP contribution in [-0.2, 0) is 19.4 Å². The van der Waals surface area contributed by atoms with E-state index in [9.17, 15) is 13.2 Å². The lowest BCUT2D eigenvalue weighted by Crippen LogP contribution is -2.22. The number of nitrogens with one attached hydrogen (secondary N) is 1. The molecule has 1 fully saturated rings. The molecule has 1 saturated heterocycles. The highest BCUT2D eigenvalue weighted by molar-refractivity contribution is 7.99. The number of benzene rings is 1. The van der Waals surface area contributed by atoms with Crippen LogP contribution in [-0.4, -0.2) is 44.3 Å². The second kappa shape index (κ2) is 7.48. The first-order chi connectivity index (χ1) is 10.4. The zero-order valence-corrected chi connectivity index (χ0v) is 14.4. The van der Waals surface area contributed by atoms with Crippen LogP contribution in [0.4, 0.5) is 5.69 Å². The van der Waals surface area contributed by atoms with Crippen LogP contribution in [0.2, 0.25) is 0 Å². The minimum Gasteiger partial charge on any atom is -0.377 e. The smallest absolute Gasteiger partial charge is 0.237 e. The molecule has 0 saturated carbocycles. The van der Waals surface area contributed by atoms with E-state index in [2.05, 4.69) is 5.32 Å². The maximum atomic E-state index is 12.3. The maximum Gasteiger partial charge on any atom is 0.237 e. The van der Waals surface area contributed by atoms with Gasteiger partial charge in [0.1, 0.15) is 0 Å². The highest BCUT2D eigenvalue weighted by Gasteiger charge is 2.24. The fourth-order valence-corrected chi connectivity index (χ4v) is 3.98. The highest BCUT2D eigenvalue weighted by Crippen LogP contribution is 2.21. The number of hydrogen-bond acceptors (Lipinski definition) is 5. The Morgan fingerprint density at radius 2 is 2.09 bits per heavy atom. The SMILES string of the molecule is CSC(C)C(=O)Nc1ccc(S(=O)(=O)CC2CCCO2)cc1. The average Bonchev–Trinajstić information content (AvgIpc) is 2.99. The first kappa shape index (κ1) is 17.3. The fraction of sp³-hybridized carbons (Fsp3) is 0.533. The molecule has 7 heteroatoms. The van der Waals surface area contributed by atoms with Gasteiger partial charge in [-0.15, -0.1) is 0 Å². The monoisotopic (exact) mass is 343 g/mol. The van der Waals surface area contributed by atoms with E-state index in [4.69, 9.17) is 4.74 Å². The van der Waals surface area contributed by atoms with Crippen molar-refractivity contribution in [2.45, 2.75) is 36.0 Å². The van der Waals surface area contributed by atoms with Crippen molar-refractivity contribution in [1.82, 2.24) is 0 Å². The lowest BCUT2D eigenvalue weighted by molar-refractivity contribution is -0.115. The Balaban J connectivity index is 2.03. The van der Waals surface area contributed by atoms with Gasteiger partial charge in [-0.25, -0.2) is 8.42 Å². The van der Waals surface area contributed by atoms with Crippen molar-refractivity contribution < 1.29 is 17.9 Å². The summed E-state index contributed by atoms with van der Waals surface area (Å²) in [6.45, 7) is 2.46. The normalized spacial score (nSPS) is 19.8. The van der Waals surface area contributed by atoms with Crippen molar-refractivity contribution in [3.63, 3.8) is 0 Å². The van der Waals surface area contributed by atoms with Gasteiger partial charge in [-0.3, -0.25) is 4.79 Å². The third-order valence-corrected chi connectivity index (χ3v) is 6.36. The van der Waals surface area contributed by atoms with E-state index < -0.39 is 9.84 Å². The van der Waals surface area contributed by atoms with Gasteiger partial charge in [-0.2, -0.15) is 11.8 Å². The third kappa shape index (κ3) is 4.47. The molecule has 22 heavy (non-hydrogen) atoms. The lowest BCUT2D eigenvalue weighted by Gasteiger charge is -2.12. The summed E-state index contributed by atoms with van der Waals surface area (Å²) in [7, 11) is -3.35. The summed E-state index contributed by atoms with van der Waals surface area (Å²) in [4.78, 5) is 12.1. The minimum atomic E-state index is -3.35. The topological polar surface area (TPSA) is 72.5 Å². The van der Waals surface area contributed by atoms with E-state index in [0.29, 0.717) is 12.3 Å². The van der Waals surface area contributed by atoms with Crippen LogP contribution < -0.4 is 5.32 Å².